The monoisotopic (exact) mass is 387 g/mol. The van der Waals surface area contributed by atoms with Crippen LogP contribution in [0.3, 0.4) is 0 Å². The number of aryl methyl sites for hydroxylation is 2. The lowest BCUT2D eigenvalue weighted by Gasteiger charge is -2.15. The Morgan fingerprint density at radius 1 is 1.30 bits per heavy atom. The zero-order valence-electron chi connectivity index (χ0n) is 15.8. The van der Waals surface area contributed by atoms with Crippen LogP contribution in [0.15, 0.2) is 36.7 Å². The van der Waals surface area contributed by atoms with E-state index in [1.54, 1.807) is 45.8 Å². The molecule has 7 nitrogen and oxygen atoms in total. The van der Waals surface area contributed by atoms with Gasteiger partial charge in [0.25, 0.3) is 5.91 Å². The third kappa shape index (κ3) is 4.31. The van der Waals surface area contributed by atoms with Crippen molar-refractivity contribution in [2.75, 3.05) is 7.05 Å². The highest BCUT2D eigenvalue weighted by Crippen LogP contribution is 2.22. The number of halogens is 1. The molecule has 0 bridgehead atoms. The molecule has 0 atom stereocenters. The zero-order chi connectivity index (χ0) is 19.6. The van der Waals surface area contributed by atoms with Crippen LogP contribution in [0.2, 0.25) is 5.02 Å². The summed E-state index contributed by atoms with van der Waals surface area (Å²) >= 11 is 5.95. The fourth-order valence-corrected chi connectivity index (χ4v) is 2.91. The van der Waals surface area contributed by atoms with Gasteiger partial charge in [0.1, 0.15) is 5.75 Å². The molecular formula is C19H22ClN5O2. The number of nitrogens with zero attached hydrogens (tertiary/aromatic N) is 5. The van der Waals surface area contributed by atoms with E-state index >= 15 is 0 Å². The van der Waals surface area contributed by atoms with Gasteiger partial charge in [-0.05, 0) is 43.7 Å². The van der Waals surface area contributed by atoms with E-state index in [1.165, 1.54) is 0 Å². The highest BCUT2D eigenvalue weighted by molar-refractivity contribution is 6.30. The molecule has 2 aromatic heterocycles. The molecule has 0 saturated heterocycles. The lowest BCUT2D eigenvalue weighted by molar-refractivity contribution is 0.0777. The van der Waals surface area contributed by atoms with Gasteiger partial charge in [-0.25, -0.2) is 4.68 Å². The van der Waals surface area contributed by atoms with Gasteiger partial charge in [-0.15, -0.1) is 0 Å². The van der Waals surface area contributed by atoms with Crippen molar-refractivity contribution in [1.29, 1.82) is 0 Å². The van der Waals surface area contributed by atoms with Crippen molar-refractivity contribution in [3.05, 3.63) is 64.2 Å². The molecular weight excluding hydrogens is 366 g/mol. The summed E-state index contributed by atoms with van der Waals surface area (Å²) in [6.07, 6.45) is 3.50. The first-order valence-corrected chi connectivity index (χ1v) is 8.88. The lowest BCUT2D eigenvalue weighted by atomic mass is 10.2. The maximum absolute atomic E-state index is 12.6. The van der Waals surface area contributed by atoms with E-state index in [0.29, 0.717) is 17.3 Å². The van der Waals surface area contributed by atoms with Crippen LogP contribution < -0.4 is 4.74 Å². The number of rotatable bonds is 6. The van der Waals surface area contributed by atoms with Gasteiger partial charge >= 0.3 is 0 Å². The van der Waals surface area contributed by atoms with Gasteiger partial charge in [0.2, 0.25) is 0 Å². The van der Waals surface area contributed by atoms with Gasteiger partial charge in [-0.1, -0.05) is 11.6 Å². The molecule has 0 unspecified atom stereocenters. The topological polar surface area (TPSA) is 65.2 Å². The Bertz CT molecular complexity index is 963. The Balaban J connectivity index is 1.62. The Kier molecular flexibility index (Phi) is 5.51. The van der Waals surface area contributed by atoms with E-state index in [4.69, 9.17) is 16.3 Å². The number of hydrogen-bond acceptors (Lipinski definition) is 4. The van der Waals surface area contributed by atoms with Crippen LogP contribution in [0, 0.1) is 13.8 Å². The largest absolute Gasteiger partial charge is 0.471 e. The number of amides is 1. The number of ether oxygens (including phenoxy) is 1. The highest BCUT2D eigenvalue weighted by atomic mass is 35.5. The molecule has 3 aromatic rings. The van der Waals surface area contributed by atoms with E-state index in [2.05, 4.69) is 10.2 Å². The van der Waals surface area contributed by atoms with Gasteiger partial charge < -0.3 is 9.64 Å². The van der Waals surface area contributed by atoms with E-state index in [0.717, 1.165) is 22.6 Å². The molecule has 0 spiro atoms. The Morgan fingerprint density at radius 3 is 2.74 bits per heavy atom. The minimum absolute atomic E-state index is 0.153. The van der Waals surface area contributed by atoms with Crippen LogP contribution in [0.4, 0.5) is 0 Å². The van der Waals surface area contributed by atoms with Gasteiger partial charge in [-0.3, -0.25) is 9.48 Å². The maximum atomic E-state index is 12.6. The van der Waals surface area contributed by atoms with Crippen molar-refractivity contribution in [2.45, 2.75) is 27.1 Å². The van der Waals surface area contributed by atoms with Crippen molar-refractivity contribution in [1.82, 2.24) is 24.5 Å². The Morgan fingerprint density at radius 2 is 2.07 bits per heavy atom. The van der Waals surface area contributed by atoms with Crippen molar-refractivity contribution >= 4 is 17.5 Å². The van der Waals surface area contributed by atoms with Crippen LogP contribution >= 0.6 is 11.6 Å². The third-order valence-corrected chi connectivity index (χ3v) is 4.68. The van der Waals surface area contributed by atoms with Crippen molar-refractivity contribution in [3.63, 3.8) is 0 Å². The summed E-state index contributed by atoms with van der Waals surface area (Å²) in [5.74, 6) is 0.576. The van der Waals surface area contributed by atoms with Crippen molar-refractivity contribution in [2.24, 2.45) is 7.05 Å². The molecule has 0 fully saturated rings. The molecule has 27 heavy (non-hydrogen) atoms. The molecule has 0 aliphatic heterocycles. The van der Waals surface area contributed by atoms with E-state index in [9.17, 15) is 4.79 Å². The molecule has 0 saturated carbocycles. The second-order valence-electron chi connectivity index (χ2n) is 6.46. The molecule has 1 amide bonds. The minimum atomic E-state index is -0.153. The standard InChI is InChI=1S/C19H22ClN5O2/c1-13-9-16(20)5-6-18(13)27-12-25-8-7-17(22-25)19(26)23(3)11-15-10-21-24(4)14(15)2/h5-10H,11-12H2,1-4H3. The molecule has 3 rings (SSSR count). The van der Waals surface area contributed by atoms with E-state index in [-0.39, 0.29) is 12.6 Å². The van der Waals surface area contributed by atoms with E-state index in [1.807, 2.05) is 33.0 Å². The minimum Gasteiger partial charge on any atom is -0.471 e. The Labute approximate surface area is 163 Å². The first-order valence-electron chi connectivity index (χ1n) is 8.50. The number of hydrogen-bond donors (Lipinski definition) is 0. The summed E-state index contributed by atoms with van der Waals surface area (Å²) < 4.78 is 9.13. The SMILES string of the molecule is Cc1cc(Cl)ccc1OCn1ccc(C(=O)N(C)Cc2cnn(C)c2C)n1. The number of benzene rings is 1. The van der Waals surface area contributed by atoms with Gasteiger partial charge in [0.05, 0.1) is 6.20 Å². The second-order valence-corrected chi connectivity index (χ2v) is 6.90. The molecule has 0 radical (unpaired) electrons. The maximum Gasteiger partial charge on any atom is 0.274 e. The second kappa shape index (κ2) is 7.84. The Hall–Kier alpha value is -2.80. The summed E-state index contributed by atoms with van der Waals surface area (Å²) in [6.45, 7) is 4.59. The van der Waals surface area contributed by atoms with Crippen molar-refractivity contribution < 1.29 is 9.53 Å². The number of aromatic nitrogens is 4. The van der Waals surface area contributed by atoms with Crippen LogP contribution in [0.5, 0.6) is 5.75 Å². The average molecular weight is 388 g/mol. The summed E-state index contributed by atoms with van der Waals surface area (Å²) in [5, 5.41) is 9.19. The fourth-order valence-electron chi connectivity index (χ4n) is 2.68. The average Bonchev–Trinajstić information content (AvgIpc) is 3.22. The first kappa shape index (κ1) is 19.0. The van der Waals surface area contributed by atoms with Gasteiger partial charge in [-0.2, -0.15) is 10.2 Å². The fraction of sp³-hybridized carbons (Fsp3) is 0.316. The van der Waals surface area contributed by atoms with E-state index < -0.39 is 0 Å². The summed E-state index contributed by atoms with van der Waals surface area (Å²) in [7, 11) is 3.63. The molecule has 0 aliphatic rings. The molecule has 0 N–H and O–H groups in total. The molecule has 1 aromatic carbocycles. The van der Waals surface area contributed by atoms with Gasteiger partial charge in [0, 0.05) is 43.1 Å². The zero-order valence-corrected chi connectivity index (χ0v) is 16.6. The number of carbonyl (C=O) groups excluding carboxylic acids is 1. The van der Waals surface area contributed by atoms with Crippen LogP contribution in [-0.2, 0) is 20.3 Å². The quantitative estimate of drug-likeness (QED) is 0.651. The number of carbonyl (C=O) groups is 1. The van der Waals surface area contributed by atoms with Crippen LogP contribution in [0.1, 0.15) is 27.3 Å². The smallest absolute Gasteiger partial charge is 0.274 e. The summed E-state index contributed by atoms with van der Waals surface area (Å²) in [4.78, 5) is 14.2. The normalized spacial score (nSPS) is 10.9. The lowest BCUT2D eigenvalue weighted by Crippen LogP contribution is -2.27. The molecule has 142 valence electrons. The third-order valence-electron chi connectivity index (χ3n) is 4.44. The van der Waals surface area contributed by atoms with Gasteiger partial charge in [0.15, 0.2) is 12.4 Å². The van der Waals surface area contributed by atoms with Crippen LogP contribution in [0.25, 0.3) is 0 Å². The van der Waals surface area contributed by atoms with Crippen molar-refractivity contribution in [3.8, 4) is 5.75 Å². The first-order chi connectivity index (χ1) is 12.8. The predicted octanol–water partition coefficient (Wildman–Crippen LogP) is 3.20. The molecule has 8 heteroatoms. The molecule has 2 heterocycles. The summed E-state index contributed by atoms with van der Waals surface area (Å²) in [6, 6.07) is 7.12. The molecule has 0 aliphatic carbocycles. The van der Waals surface area contributed by atoms with Crippen LogP contribution in [-0.4, -0.2) is 37.4 Å². The predicted molar refractivity (Wildman–Crippen MR) is 103 cm³/mol. The highest BCUT2D eigenvalue weighted by Gasteiger charge is 2.17. The summed E-state index contributed by atoms with van der Waals surface area (Å²) in [5.41, 5.74) is 3.36.